The first-order chi connectivity index (χ1) is 12.0. The summed E-state index contributed by atoms with van der Waals surface area (Å²) in [5, 5.41) is 6.15. The van der Waals surface area contributed by atoms with Crippen molar-refractivity contribution < 1.29 is 9.53 Å². The van der Waals surface area contributed by atoms with Crippen LogP contribution in [0.25, 0.3) is 0 Å². The van der Waals surface area contributed by atoms with Crippen LogP contribution in [0.5, 0.6) is 5.75 Å². The molecule has 5 heteroatoms. The van der Waals surface area contributed by atoms with E-state index in [0.29, 0.717) is 23.8 Å². The summed E-state index contributed by atoms with van der Waals surface area (Å²) in [5.41, 5.74) is 1.40. The average Bonchev–Trinajstić information content (AvgIpc) is 2.56. The van der Waals surface area contributed by atoms with E-state index in [-0.39, 0.29) is 12.0 Å². The zero-order chi connectivity index (χ0) is 18.2. The Morgan fingerprint density at radius 1 is 1.12 bits per heavy atom. The number of nitrogens with one attached hydrogen (secondary N) is 2. The lowest BCUT2D eigenvalue weighted by atomic mass is 10.1. The van der Waals surface area contributed by atoms with Crippen molar-refractivity contribution in [1.82, 2.24) is 10.3 Å². The van der Waals surface area contributed by atoms with Crippen LogP contribution >= 0.6 is 0 Å². The van der Waals surface area contributed by atoms with Crippen LogP contribution in [0.1, 0.15) is 44.5 Å². The normalized spacial score (nSPS) is 10.8. The van der Waals surface area contributed by atoms with E-state index in [4.69, 9.17) is 4.74 Å². The molecule has 0 aliphatic rings. The molecule has 0 saturated carbocycles. The van der Waals surface area contributed by atoms with Gasteiger partial charge in [-0.25, -0.2) is 4.98 Å². The van der Waals surface area contributed by atoms with Gasteiger partial charge in [0, 0.05) is 12.7 Å². The molecular weight excluding hydrogens is 314 g/mol. The van der Waals surface area contributed by atoms with Crippen LogP contribution in [0.4, 0.5) is 11.5 Å². The average molecular weight is 341 g/mol. The Bertz CT molecular complexity index is 682. The highest BCUT2D eigenvalue weighted by Crippen LogP contribution is 2.27. The van der Waals surface area contributed by atoms with E-state index in [2.05, 4.69) is 29.5 Å². The van der Waals surface area contributed by atoms with Gasteiger partial charge in [-0.3, -0.25) is 4.79 Å². The van der Waals surface area contributed by atoms with E-state index >= 15 is 0 Å². The maximum Gasteiger partial charge on any atom is 0.252 e. The standard InChI is InChI=1S/C20H27N3O2/c1-14(2)11-12-21-20(24)16-9-10-19(22-13-16)23-17-7-5-6-8-18(17)25-15(3)4/h5-10,13-15H,11-12H2,1-4H3,(H,21,24)(H,22,23). The number of benzene rings is 1. The van der Waals surface area contributed by atoms with E-state index < -0.39 is 0 Å². The Hall–Kier alpha value is -2.56. The zero-order valence-corrected chi connectivity index (χ0v) is 15.4. The van der Waals surface area contributed by atoms with Crippen molar-refractivity contribution in [3.05, 3.63) is 48.2 Å². The van der Waals surface area contributed by atoms with Gasteiger partial charge < -0.3 is 15.4 Å². The molecule has 134 valence electrons. The minimum Gasteiger partial charge on any atom is -0.489 e. The molecule has 2 aromatic rings. The van der Waals surface area contributed by atoms with Gasteiger partial charge in [0.1, 0.15) is 11.6 Å². The molecular formula is C20H27N3O2. The van der Waals surface area contributed by atoms with Gasteiger partial charge in [-0.05, 0) is 50.5 Å². The topological polar surface area (TPSA) is 63.2 Å². The third-order valence-electron chi connectivity index (χ3n) is 3.55. The van der Waals surface area contributed by atoms with Crippen LogP contribution in [0.15, 0.2) is 42.6 Å². The third kappa shape index (κ3) is 6.10. The summed E-state index contributed by atoms with van der Waals surface area (Å²) in [6.45, 7) is 8.92. The Morgan fingerprint density at radius 3 is 2.52 bits per heavy atom. The number of hydrogen-bond acceptors (Lipinski definition) is 4. The summed E-state index contributed by atoms with van der Waals surface area (Å²) in [6.07, 6.45) is 2.64. The highest BCUT2D eigenvalue weighted by molar-refractivity contribution is 5.94. The lowest BCUT2D eigenvalue weighted by molar-refractivity contribution is 0.0951. The molecule has 2 rings (SSSR count). The van der Waals surface area contributed by atoms with Crippen molar-refractivity contribution in [2.45, 2.75) is 40.2 Å². The Morgan fingerprint density at radius 2 is 1.88 bits per heavy atom. The minimum absolute atomic E-state index is 0.0906. The summed E-state index contributed by atoms with van der Waals surface area (Å²) < 4.78 is 5.79. The SMILES string of the molecule is CC(C)CCNC(=O)c1ccc(Nc2ccccc2OC(C)C)nc1. The maximum absolute atomic E-state index is 12.1. The van der Waals surface area contributed by atoms with E-state index in [1.807, 2.05) is 38.1 Å². The fraction of sp³-hybridized carbons (Fsp3) is 0.400. The molecule has 0 bridgehead atoms. The van der Waals surface area contributed by atoms with Crippen LogP contribution in [-0.2, 0) is 0 Å². The first kappa shape index (κ1) is 18.8. The Labute approximate surface area is 149 Å². The fourth-order valence-electron chi connectivity index (χ4n) is 2.24. The second-order valence-electron chi connectivity index (χ2n) is 6.66. The van der Waals surface area contributed by atoms with Gasteiger partial charge in [-0.2, -0.15) is 0 Å². The second kappa shape index (κ2) is 9.06. The number of para-hydroxylation sites is 2. The van der Waals surface area contributed by atoms with Crippen LogP contribution in [0, 0.1) is 5.92 Å². The molecule has 0 unspecified atom stereocenters. The molecule has 1 aromatic heterocycles. The predicted molar refractivity (Wildman–Crippen MR) is 102 cm³/mol. The molecule has 0 saturated heterocycles. The van der Waals surface area contributed by atoms with E-state index in [1.54, 1.807) is 18.3 Å². The van der Waals surface area contributed by atoms with Crippen molar-refractivity contribution in [2.75, 3.05) is 11.9 Å². The monoisotopic (exact) mass is 341 g/mol. The van der Waals surface area contributed by atoms with Crippen molar-refractivity contribution >= 4 is 17.4 Å². The summed E-state index contributed by atoms with van der Waals surface area (Å²) in [5.74, 6) is 1.91. The number of anilines is 2. The summed E-state index contributed by atoms with van der Waals surface area (Å²) >= 11 is 0. The van der Waals surface area contributed by atoms with Crippen molar-refractivity contribution in [2.24, 2.45) is 5.92 Å². The Balaban J connectivity index is 2.00. The fourth-order valence-corrected chi connectivity index (χ4v) is 2.24. The number of nitrogens with zero attached hydrogens (tertiary/aromatic N) is 1. The second-order valence-corrected chi connectivity index (χ2v) is 6.66. The number of amides is 1. The highest BCUT2D eigenvalue weighted by Gasteiger charge is 2.08. The third-order valence-corrected chi connectivity index (χ3v) is 3.55. The van der Waals surface area contributed by atoms with Gasteiger partial charge in [-0.1, -0.05) is 26.0 Å². The van der Waals surface area contributed by atoms with Crippen LogP contribution in [-0.4, -0.2) is 23.5 Å². The number of pyridine rings is 1. The molecule has 1 amide bonds. The smallest absolute Gasteiger partial charge is 0.252 e. The maximum atomic E-state index is 12.1. The molecule has 25 heavy (non-hydrogen) atoms. The van der Waals surface area contributed by atoms with Crippen LogP contribution in [0.3, 0.4) is 0 Å². The predicted octanol–water partition coefficient (Wildman–Crippen LogP) is 4.39. The lowest BCUT2D eigenvalue weighted by Gasteiger charge is -2.15. The molecule has 1 heterocycles. The first-order valence-corrected chi connectivity index (χ1v) is 8.72. The van der Waals surface area contributed by atoms with Gasteiger partial charge in [-0.15, -0.1) is 0 Å². The van der Waals surface area contributed by atoms with Crippen LogP contribution in [0.2, 0.25) is 0 Å². The molecule has 0 atom stereocenters. The van der Waals surface area contributed by atoms with E-state index in [1.165, 1.54) is 0 Å². The molecule has 5 nitrogen and oxygen atoms in total. The van der Waals surface area contributed by atoms with E-state index in [0.717, 1.165) is 17.9 Å². The number of rotatable bonds is 8. The minimum atomic E-state index is -0.0942. The van der Waals surface area contributed by atoms with Gasteiger partial charge in [0.05, 0.1) is 17.4 Å². The molecule has 0 aliphatic heterocycles. The first-order valence-electron chi connectivity index (χ1n) is 8.72. The zero-order valence-electron chi connectivity index (χ0n) is 15.4. The van der Waals surface area contributed by atoms with Crippen molar-refractivity contribution in [1.29, 1.82) is 0 Å². The summed E-state index contributed by atoms with van der Waals surface area (Å²) in [4.78, 5) is 16.4. The largest absolute Gasteiger partial charge is 0.489 e. The lowest BCUT2D eigenvalue weighted by Crippen LogP contribution is -2.25. The van der Waals surface area contributed by atoms with Gasteiger partial charge in [0.25, 0.3) is 5.91 Å². The highest BCUT2D eigenvalue weighted by atomic mass is 16.5. The summed E-state index contributed by atoms with van der Waals surface area (Å²) in [6, 6.07) is 11.3. The number of hydrogen-bond donors (Lipinski definition) is 2. The van der Waals surface area contributed by atoms with Gasteiger partial charge in [0.15, 0.2) is 0 Å². The number of aromatic nitrogens is 1. The quantitative estimate of drug-likeness (QED) is 0.747. The molecule has 1 aromatic carbocycles. The molecule has 2 N–H and O–H groups in total. The molecule has 0 aliphatic carbocycles. The number of carbonyl (C=O) groups excluding carboxylic acids is 1. The summed E-state index contributed by atoms with van der Waals surface area (Å²) in [7, 11) is 0. The van der Waals surface area contributed by atoms with Gasteiger partial charge >= 0.3 is 0 Å². The van der Waals surface area contributed by atoms with E-state index in [9.17, 15) is 4.79 Å². The molecule has 0 spiro atoms. The number of carbonyl (C=O) groups is 1. The van der Waals surface area contributed by atoms with Gasteiger partial charge in [0.2, 0.25) is 0 Å². The molecule has 0 radical (unpaired) electrons. The Kier molecular flexibility index (Phi) is 6.81. The van der Waals surface area contributed by atoms with Crippen molar-refractivity contribution in [3.63, 3.8) is 0 Å². The van der Waals surface area contributed by atoms with Crippen LogP contribution < -0.4 is 15.4 Å². The molecule has 0 fully saturated rings. The van der Waals surface area contributed by atoms with Crippen molar-refractivity contribution in [3.8, 4) is 5.75 Å². The number of ether oxygens (including phenoxy) is 1.